The second-order valence-corrected chi connectivity index (χ2v) is 7.35. The summed E-state index contributed by atoms with van der Waals surface area (Å²) in [6.07, 6.45) is 3.66. The molecule has 1 heterocycles. The third-order valence-electron chi connectivity index (χ3n) is 5.68. The van der Waals surface area contributed by atoms with Crippen LogP contribution in [0.5, 0.6) is 0 Å². The Kier molecular flexibility index (Phi) is 4.02. The van der Waals surface area contributed by atoms with Gasteiger partial charge in [-0.05, 0) is 28.7 Å². The third-order valence-corrected chi connectivity index (χ3v) is 5.68. The van der Waals surface area contributed by atoms with E-state index in [9.17, 15) is 4.79 Å². The molecule has 134 valence electrons. The summed E-state index contributed by atoms with van der Waals surface area (Å²) in [5, 5.41) is 2.25. The van der Waals surface area contributed by atoms with Gasteiger partial charge >= 0.3 is 0 Å². The van der Waals surface area contributed by atoms with Crippen molar-refractivity contribution >= 4 is 28.3 Å². The van der Waals surface area contributed by atoms with Crippen LogP contribution < -0.4 is 4.90 Å². The van der Waals surface area contributed by atoms with Crippen molar-refractivity contribution in [3.05, 3.63) is 83.4 Å². The predicted molar refractivity (Wildman–Crippen MR) is 111 cm³/mol. The van der Waals surface area contributed by atoms with Crippen molar-refractivity contribution in [2.45, 2.75) is 6.54 Å². The van der Waals surface area contributed by atoms with Gasteiger partial charge in [0.05, 0.1) is 5.56 Å². The van der Waals surface area contributed by atoms with Crippen LogP contribution in [-0.4, -0.2) is 36.9 Å². The zero-order chi connectivity index (χ0) is 18.2. The fourth-order valence-electron chi connectivity index (χ4n) is 4.29. The van der Waals surface area contributed by atoms with Gasteiger partial charge in [0.2, 0.25) is 0 Å². The summed E-state index contributed by atoms with van der Waals surface area (Å²) in [4.78, 5) is 17.6. The molecular weight excluding hydrogens is 332 g/mol. The maximum absolute atomic E-state index is 12.7. The molecule has 0 spiro atoms. The first-order valence-electron chi connectivity index (χ1n) is 9.59. The molecule has 0 bridgehead atoms. The Labute approximate surface area is 159 Å². The number of carbonyl (C=O) groups excluding carboxylic acids is 1. The van der Waals surface area contributed by atoms with Gasteiger partial charge in [0, 0.05) is 43.8 Å². The molecule has 27 heavy (non-hydrogen) atoms. The van der Waals surface area contributed by atoms with Crippen LogP contribution in [-0.2, 0) is 6.54 Å². The SMILES string of the molecule is O=C1C=Cc2cccc3ccc(N4CCN(Cc5ccccc5)CC4)c1c23. The Hall–Kier alpha value is -2.91. The molecule has 1 aliphatic heterocycles. The molecule has 2 aliphatic rings. The van der Waals surface area contributed by atoms with E-state index in [1.807, 2.05) is 6.08 Å². The van der Waals surface area contributed by atoms with E-state index in [0.717, 1.165) is 60.3 Å². The van der Waals surface area contributed by atoms with E-state index in [-0.39, 0.29) is 5.78 Å². The molecule has 1 saturated heterocycles. The van der Waals surface area contributed by atoms with E-state index >= 15 is 0 Å². The van der Waals surface area contributed by atoms with Crippen LogP contribution in [0, 0.1) is 0 Å². The fourth-order valence-corrected chi connectivity index (χ4v) is 4.29. The standard InChI is InChI=1S/C24H22N2O/c27-22-12-10-20-8-4-7-19-9-11-21(24(22)23(19)20)26-15-13-25(14-16-26)17-18-5-2-1-3-6-18/h1-12H,13-17H2. The molecule has 1 fully saturated rings. The summed E-state index contributed by atoms with van der Waals surface area (Å²) in [6, 6.07) is 21.2. The van der Waals surface area contributed by atoms with E-state index < -0.39 is 0 Å². The van der Waals surface area contributed by atoms with Gasteiger partial charge in [-0.25, -0.2) is 0 Å². The number of hydrogen-bond acceptors (Lipinski definition) is 3. The van der Waals surface area contributed by atoms with Crippen molar-refractivity contribution in [2.24, 2.45) is 0 Å². The Morgan fingerprint density at radius 2 is 1.59 bits per heavy atom. The molecule has 3 aromatic carbocycles. The minimum absolute atomic E-state index is 0.126. The number of nitrogens with zero attached hydrogens (tertiary/aromatic N) is 2. The zero-order valence-corrected chi connectivity index (χ0v) is 15.3. The maximum atomic E-state index is 12.7. The molecule has 3 heteroatoms. The monoisotopic (exact) mass is 354 g/mol. The summed E-state index contributed by atoms with van der Waals surface area (Å²) in [5.41, 5.74) is 4.47. The average molecular weight is 354 g/mol. The Morgan fingerprint density at radius 1 is 0.778 bits per heavy atom. The van der Waals surface area contributed by atoms with Crippen LogP contribution in [0.2, 0.25) is 0 Å². The number of piperazine rings is 1. The molecular formula is C24H22N2O. The van der Waals surface area contributed by atoms with Crippen LogP contribution in [0.3, 0.4) is 0 Å². The normalized spacial score (nSPS) is 16.9. The lowest BCUT2D eigenvalue weighted by Gasteiger charge is -2.37. The quantitative estimate of drug-likeness (QED) is 0.698. The highest BCUT2D eigenvalue weighted by Crippen LogP contribution is 2.35. The number of carbonyl (C=O) groups is 1. The lowest BCUT2D eigenvalue weighted by atomic mass is 9.90. The predicted octanol–water partition coefficient (Wildman–Crippen LogP) is 4.37. The molecule has 5 rings (SSSR count). The molecule has 0 N–H and O–H groups in total. The molecule has 0 radical (unpaired) electrons. The molecule has 0 unspecified atom stereocenters. The number of hydrogen-bond donors (Lipinski definition) is 0. The molecule has 0 aromatic heterocycles. The minimum atomic E-state index is 0.126. The van der Waals surface area contributed by atoms with E-state index in [4.69, 9.17) is 0 Å². The lowest BCUT2D eigenvalue weighted by Crippen LogP contribution is -2.46. The van der Waals surface area contributed by atoms with Crippen LogP contribution in [0.15, 0.2) is 66.7 Å². The highest BCUT2D eigenvalue weighted by Gasteiger charge is 2.24. The summed E-state index contributed by atoms with van der Waals surface area (Å²) in [5.74, 6) is 0.126. The van der Waals surface area contributed by atoms with Gasteiger partial charge in [0.25, 0.3) is 0 Å². The van der Waals surface area contributed by atoms with Gasteiger partial charge in [-0.2, -0.15) is 0 Å². The van der Waals surface area contributed by atoms with Gasteiger partial charge in [-0.1, -0.05) is 60.7 Å². The van der Waals surface area contributed by atoms with E-state index in [1.165, 1.54) is 5.56 Å². The first kappa shape index (κ1) is 16.3. The Morgan fingerprint density at radius 3 is 2.41 bits per heavy atom. The van der Waals surface area contributed by atoms with Crippen LogP contribution in [0.1, 0.15) is 21.5 Å². The van der Waals surface area contributed by atoms with Crippen molar-refractivity contribution in [2.75, 3.05) is 31.1 Å². The largest absolute Gasteiger partial charge is 0.368 e. The zero-order valence-electron chi connectivity index (χ0n) is 15.3. The van der Waals surface area contributed by atoms with Crippen molar-refractivity contribution in [3.8, 4) is 0 Å². The van der Waals surface area contributed by atoms with Crippen LogP contribution >= 0.6 is 0 Å². The number of rotatable bonds is 3. The number of benzene rings is 3. The minimum Gasteiger partial charge on any atom is -0.368 e. The number of allylic oxidation sites excluding steroid dienone is 1. The van der Waals surface area contributed by atoms with E-state index in [0.29, 0.717) is 0 Å². The number of ketones is 1. The van der Waals surface area contributed by atoms with E-state index in [1.54, 1.807) is 6.08 Å². The van der Waals surface area contributed by atoms with Crippen molar-refractivity contribution in [3.63, 3.8) is 0 Å². The second kappa shape index (κ2) is 6.67. The summed E-state index contributed by atoms with van der Waals surface area (Å²) in [7, 11) is 0. The van der Waals surface area contributed by atoms with Gasteiger partial charge in [0.1, 0.15) is 0 Å². The first-order valence-corrected chi connectivity index (χ1v) is 9.59. The topological polar surface area (TPSA) is 23.6 Å². The summed E-state index contributed by atoms with van der Waals surface area (Å²) >= 11 is 0. The van der Waals surface area contributed by atoms with Crippen LogP contribution in [0.25, 0.3) is 16.8 Å². The first-order chi connectivity index (χ1) is 13.3. The molecule has 3 nitrogen and oxygen atoms in total. The van der Waals surface area contributed by atoms with Gasteiger partial charge in [-0.15, -0.1) is 0 Å². The number of anilines is 1. The summed E-state index contributed by atoms with van der Waals surface area (Å²) in [6.45, 7) is 4.91. The van der Waals surface area contributed by atoms with Gasteiger partial charge in [0.15, 0.2) is 5.78 Å². The highest BCUT2D eigenvalue weighted by molar-refractivity contribution is 6.23. The van der Waals surface area contributed by atoms with Crippen molar-refractivity contribution in [1.82, 2.24) is 4.90 Å². The molecule has 3 aromatic rings. The lowest BCUT2D eigenvalue weighted by molar-refractivity contribution is 0.104. The van der Waals surface area contributed by atoms with Crippen molar-refractivity contribution < 1.29 is 4.79 Å². The van der Waals surface area contributed by atoms with Gasteiger partial charge in [-0.3, -0.25) is 9.69 Å². The average Bonchev–Trinajstić information content (AvgIpc) is 2.72. The smallest absolute Gasteiger partial charge is 0.188 e. The third kappa shape index (κ3) is 2.94. The summed E-state index contributed by atoms with van der Waals surface area (Å²) < 4.78 is 0. The Bertz CT molecular complexity index is 1030. The fraction of sp³-hybridized carbons (Fsp3) is 0.208. The second-order valence-electron chi connectivity index (χ2n) is 7.35. The molecule has 0 saturated carbocycles. The Balaban J connectivity index is 1.41. The van der Waals surface area contributed by atoms with Gasteiger partial charge < -0.3 is 4.90 Å². The molecule has 0 amide bonds. The van der Waals surface area contributed by atoms with Crippen LogP contribution in [0.4, 0.5) is 5.69 Å². The molecule has 0 atom stereocenters. The molecule has 1 aliphatic carbocycles. The van der Waals surface area contributed by atoms with Crippen molar-refractivity contribution in [1.29, 1.82) is 0 Å². The maximum Gasteiger partial charge on any atom is 0.188 e. The highest BCUT2D eigenvalue weighted by atomic mass is 16.1. The van der Waals surface area contributed by atoms with E-state index in [2.05, 4.69) is 70.5 Å².